The number of imidazole rings is 1. The molecule has 0 spiro atoms. The number of aromatic hydroxyl groups is 1. The summed E-state index contributed by atoms with van der Waals surface area (Å²) in [6.45, 7) is 4.02. The number of nitrogens with zero attached hydrogens (tertiary/aromatic N) is 2. The Bertz CT molecular complexity index is 476. The summed E-state index contributed by atoms with van der Waals surface area (Å²) >= 11 is 0. The minimum absolute atomic E-state index is 0.0659. The summed E-state index contributed by atoms with van der Waals surface area (Å²) in [5, 5.41) is 9.31. The van der Waals surface area contributed by atoms with E-state index < -0.39 is 0 Å². The summed E-state index contributed by atoms with van der Waals surface area (Å²) in [5.41, 5.74) is 7.64. The van der Waals surface area contributed by atoms with E-state index in [1.165, 1.54) is 0 Å². The lowest BCUT2D eigenvalue weighted by atomic mass is 10.2. The Balaban J connectivity index is 2.54. The normalized spacial score (nSPS) is 15.4. The fourth-order valence-electron chi connectivity index (χ4n) is 1.60. The zero-order valence-corrected chi connectivity index (χ0v) is 8.88. The van der Waals surface area contributed by atoms with Crippen molar-refractivity contribution in [2.24, 2.45) is 5.73 Å². The van der Waals surface area contributed by atoms with Gasteiger partial charge in [-0.3, -0.25) is 0 Å². The third-order valence-electron chi connectivity index (χ3n) is 2.76. The average molecular weight is 205 g/mol. The fourth-order valence-corrected chi connectivity index (χ4v) is 1.60. The van der Waals surface area contributed by atoms with Gasteiger partial charge in [0, 0.05) is 18.2 Å². The van der Waals surface area contributed by atoms with E-state index >= 15 is 0 Å². The molecule has 0 amide bonds. The Labute approximate surface area is 88.3 Å². The number of hydrogen-bond donors (Lipinski definition) is 2. The molecule has 2 rings (SSSR count). The van der Waals surface area contributed by atoms with Crippen LogP contribution < -0.4 is 5.73 Å². The highest BCUT2D eigenvalue weighted by molar-refractivity contribution is 5.77. The highest BCUT2D eigenvalue weighted by atomic mass is 16.3. The molecule has 1 unspecified atom stereocenters. The number of rotatable bonds is 2. The van der Waals surface area contributed by atoms with E-state index in [9.17, 15) is 5.11 Å². The van der Waals surface area contributed by atoms with Gasteiger partial charge >= 0.3 is 0 Å². The Hall–Kier alpha value is -1.55. The lowest BCUT2D eigenvalue weighted by Gasteiger charge is -2.17. The van der Waals surface area contributed by atoms with Crippen molar-refractivity contribution in [3.8, 4) is 5.75 Å². The minimum Gasteiger partial charge on any atom is -0.508 e. The van der Waals surface area contributed by atoms with Gasteiger partial charge < -0.3 is 15.4 Å². The van der Waals surface area contributed by atoms with Crippen LogP contribution in [0.25, 0.3) is 11.0 Å². The Morgan fingerprint density at radius 2 is 2.13 bits per heavy atom. The molecule has 1 aromatic heterocycles. The fraction of sp³-hybridized carbons (Fsp3) is 0.364. The molecular formula is C11H15N3O. The maximum Gasteiger partial charge on any atom is 0.117 e. The standard InChI is InChI=1S/C11H15N3O/c1-7(12)8(2)14-6-13-10-5-9(15)3-4-11(10)14/h3-8,15H,12H2,1-2H3/t7-,8?/m1/s1. The maximum atomic E-state index is 9.31. The second-order valence-corrected chi connectivity index (χ2v) is 3.92. The molecule has 0 aliphatic rings. The van der Waals surface area contributed by atoms with Gasteiger partial charge in [-0.2, -0.15) is 0 Å². The molecule has 0 aliphatic carbocycles. The van der Waals surface area contributed by atoms with Gasteiger partial charge in [-0.1, -0.05) is 0 Å². The van der Waals surface area contributed by atoms with Gasteiger partial charge in [0.05, 0.1) is 17.4 Å². The second kappa shape index (κ2) is 3.55. The number of fused-ring (bicyclic) bond motifs is 1. The molecule has 1 heterocycles. The van der Waals surface area contributed by atoms with Gasteiger partial charge in [-0.05, 0) is 26.0 Å². The van der Waals surface area contributed by atoms with Gasteiger partial charge in [0.2, 0.25) is 0 Å². The predicted octanol–water partition coefficient (Wildman–Crippen LogP) is 1.65. The van der Waals surface area contributed by atoms with Crippen LogP contribution in [0.2, 0.25) is 0 Å². The van der Waals surface area contributed by atoms with Crippen LogP contribution >= 0.6 is 0 Å². The minimum atomic E-state index is 0.0659. The summed E-state index contributed by atoms with van der Waals surface area (Å²) in [7, 11) is 0. The third kappa shape index (κ3) is 1.68. The largest absolute Gasteiger partial charge is 0.508 e. The summed E-state index contributed by atoms with van der Waals surface area (Å²) < 4.78 is 2.03. The van der Waals surface area contributed by atoms with Crippen molar-refractivity contribution >= 4 is 11.0 Å². The van der Waals surface area contributed by atoms with Crippen LogP contribution in [0.1, 0.15) is 19.9 Å². The van der Waals surface area contributed by atoms with E-state index in [1.54, 1.807) is 18.5 Å². The number of aromatic nitrogens is 2. The van der Waals surface area contributed by atoms with Crippen LogP contribution in [0.5, 0.6) is 5.75 Å². The quantitative estimate of drug-likeness (QED) is 0.783. The maximum absolute atomic E-state index is 9.31. The van der Waals surface area contributed by atoms with Crippen LogP contribution in [0.15, 0.2) is 24.5 Å². The molecule has 1 aromatic carbocycles. The number of phenolic OH excluding ortho intramolecular Hbond substituents is 1. The molecule has 0 saturated heterocycles. The van der Waals surface area contributed by atoms with Crippen molar-refractivity contribution in [1.82, 2.24) is 9.55 Å². The first-order chi connectivity index (χ1) is 7.09. The highest BCUT2D eigenvalue weighted by Gasteiger charge is 2.12. The zero-order chi connectivity index (χ0) is 11.0. The molecule has 0 aliphatic heterocycles. The number of phenols is 1. The zero-order valence-electron chi connectivity index (χ0n) is 8.88. The molecule has 2 aromatic rings. The van der Waals surface area contributed by atoms with Crippen LogP contribution in [0, 0.1) is 0 Å². The first-order valence-electron chi connectivity index (χ1n) is 5.00. The van der Waals surface area contributed by atoms with E-state index in [4.69, 9.17) is 5.73 Å². The number of hydrogen-bond acceptors (Lipinski definition) is 3. The Morgan fingerprint density at radius 1 is 1.40 bits per heavy atom. The van der Waals surface area contributed by atoms with Crippen molar-refractivity contribution in [2.45, 2.75) is 25.9 Å². The number of nitrogens with two attached hydrogens (primary N) is 1. The summed E-state index contributed by atoms with van der Waals surface area (Å²) in [6, 6.07) is 5.43. The van der Waals surface area contributed by atoms with Crippen LogP contribution in [0.3, 0.4) is 0 Å². The van der Waals surface area contributed by atoms with Crippen LogP contribution in [0.4, 0.5) is 0 Å². The summed E-state index contributed by atoms with van der Waals surface area (Å²) in [5.74, 6) is 0.237. The monoisotopic (exact) mass is 205 g/mol. The molecule has 15 heavy (non-hydrogen) atoms. The SMILES string of the molecule is CC([C@@H](C)N)n1cnc2cc(O)ccc21. The molecule has 80 valence electrons. The van der Waals surface area contributed by atoms with Gasteiger partial charge in [-0.15, -0.1) is 0 Å². The molecule has 2 atom stereocenters. The van der Waals surface area contributed by atoms with Crippen LogP contribution in [-0.4, -0.2) is 20.7 Å². The molecule has 0 saturated carbocycles. The van der Waals surface area contributed by atoms with Crippen molar-refractivity contribution < 1.29 is 5.11 Å². The van der Waals surface area contributed by atoms with E-state index in [2.05, 4.69) is 11.9 Å². The van der Waals surface area contributed by atoms with Gasteiger partial charge in [0.15, 0.2) is 0 Å². The third-order valence-corrected chi connectivity index (χ3v) is 2.76. The van der Waals surface area contributed by atoms with Gasteiger partial charge in [0.1, 0.15) is 5.75 Å². The van der Waals surface area contributed by atoms with Crippen molar-refractivity contribution in [3.63, 3.8) is 0 Å². The molecule has 0 bridgehead atoms. The molecule has 0 radical (unpaired) electrons. The van der Waals surface area contributed by atoms with Crippen molar-refractivity contribution in [1.29, 1.82) is 0 Å². The Kier molecular flexibility index (Phi) is 2.36. The lowest BCUT2D eigenvalue weighted by molar-refractivity contribution is 0.473. The Morgan fingerprint density at radius 3 is 2.80 bits per heavy atom. The highest BCUT2D eigenvalue weighted by Crippen LogP contribution is 2.22. The van der Waals surface area contributed by atoms with E-state index in [0.29, 0.717) is 0 Å². The van der Waals surface area contributed by atoms with Crippen molar-refractivity contribution in [3.05, 3.63) is 24.5 Å². The van der Waals surface area contributed by atoms with E-state index in [-0.39, 0.29) is 17.8 Å². The first-order valence-corrected chi connectivity index (χ1v) is 5.00. The molecule has 4 heteroatoms. The van der Waals surface area contributed by atoms with Crippen LogP contribution in [-0.2, 0) is 0 Å². The van der Waals surface area contributed by atoms with E-state index in [0.717, 1.165) is 11.0 Å². The molecular weight excluding hydrogens is 190 g/mol. The van der Waals surface area contributed by atoms with Gasteiger partial charge in [-0.25, -0.2) is 4.98 Å². The molecule has 3 N–H and O–H groups in total. The number of benzene rings is 1. The average Bonchev–Trinajstić information content (AvgIpc) is 2.59. The topological polar surface area (TPSA) is 64.1 Å². The second-order valence-electron chi connectivity index (χ2n) is 3.92. The summed E-state index contributed by atoms with van der Waals surface area (Å²) in [6.07, 6.45) is 1.76. The molecule has 0 fully saturated rings. The van der Waals surface area contributed by atoms with Crippen molar-refractivity contribution in [2.75, 3.05) is 0 Å². The first kappa shape index (κ1) is 9.98. The smallest absolute Gasteiger partial charge is 0.117 e. The van der Waals surface area contributed by atoms with E-state index in [1.807, 2.05) is 17.6 Å². The molecule has 4 nitrogen and oxygen atoms in total. The predicted molar refractivity (Wildman–Crippen MR) is 59.8 cm³/mol. The lowest BCUT2D eigenvalue weighted by Crippen LogP contribution is -2.26. The van der Waals surface area contributed by atoms with Gasteiger partial charge in [0.25, 0.3) is 0 Å². The summed E-state index contributed by atoms with van der Waals surface area (Å²) in [4.78, 5) is 4.23.